The average molecular weight is 280 g/mol. The van der Waals surface area contributed by atoms with Crippen LogP contribution in [-0.4, -0.2) is 13.2 Å². The third-order valence-corrected chi connectivity index (χ3v) is 4.52. The van der Waals surface area contributed by atoms with E-state index in [1.807, 2.05) is 6.07 Å². The highest BCUT2D eigenvalue weighted by Gasteiger charge is 2.42. The molecule has 0 saturated heterocycles. The van der Waals surface area contributed by atoms with Crippen molar-refractivity contribution in [2.45, 2.75) is 32.3 Å². The predicted octanol–water partition coefficient (Wildman–Crippen LogP) is 4.37. The molecule has 20 heavy (non-hydrogen) atoms. The summed E-state index contributed by atoms with van der Waals surface area (Å²) in [5.41, 5.74) is 1.98. The molecule has 1 fully saturated rings. The van der Waals surface area contributed by atoms with Gasteiger partial charge in [-0.3, -0.25) is 0 Å². The summed E-state index contributed by atoms with van der Waals surface area (Å²) in [5.74, 6) is 1.74. The second-order valence-electron chi connectivity index (χ2n) is 5.49. The van der Waals surface area contributed by atoms with Crippen LogP contribution in [-0.2, 0) is 0 Å². The molecule has 1 aliphatic carbocycles. The smallest absolute Gasteiger partial charge is 0.387 e. The zero-order valence-electron chi connectivity index (χ0n) is 11.4. The van der Waals surface area contributed by atoms with Gasteiger partial charge in [0.15, 0.2) is 0 Å². The van der Waals surface area contributed by atoms with Gasteiger partial charge in [-0.25, -0.2) is 0 Å². The van der Waals surface area contributed by atoms with E-state index in [-0.39, 0.29) is 11.7 Å². The van der Waals surface area contributed by atoms with E-state index in [0.717, 1.165) is 18.4 Å². The summed E-state index contributed by atoms with van der Waals surface area (Å²) in [5, 5.41) is 0. The van der Waals surface area contributed by atoms with Gasteiger partial charge in [0.05, 0.1) is 6.61 Å². The van der Waals surface area contributed by atoms with E-state index in [9.17, 15) is 8.78 Å². The summed E-state index contributed by atoms with van der Waals surface area (Å²) >= 11 is 0. The Hall–Kier alpha value is -1.58. The number of hydrogen-bond donors (Lipinski definition) is 0. The normalized spacial score (nSPS) is 28.0. The van der Waals surface area contributed by atoms with Gasteiger partial charge in [0.1, 0.15) is 11.5 Å². The molecule has 0 aromatic heterocycles. The molecule has 1 saturated carbocycles. The molecule has 108 valence electrons. The Kier molecular flexibility index (Phi) is 3.40. The number of rotatable bonds is 3. The molecular weight excluding hydrogens is 262 g/mol. The molecule has 2 aliphatic rings. The molecule has 1 aromatic carbocycles. The van der Waals surface area contributed by atoms with E-state index in [1.54, 1.807) is 12.1 Å². The van der Waals surface area contributed by atoms with Crippen molar-refractivity contribution in [3.8, 4) is 11.5 Å². The Morgan fingerprint density at radius 1 is 1.45 bits per heavy atom. The van der Waals surface area contributed by atoms with Gasteiger partial charge in [-0.2, -0.15) is 8.78 Å². The Bertz CT molecular complexity index is 527. The molecule has 1 aromatic rings. The number of hydrogen-bond acceptors (Lipinski definition) is 2. The predicted molar refractivity (Wildman–Crippen MR) is 72.3 cm³/mol. The van der Waals surface area contributed by atoms with Crippen molar-refractivity contribution in [1.82, 2.24) is 0 Å². The summed E-state index contributed by atoms with van der Waals surface area (Å²) in [6.45, 7) is 4.07. The Balaban J connectivity index is 2.07. The SMILES string of the molecule is C=C1C2COc3cccc(OC(F)F)c3C(C2)C1CC. The molecular formula is C16H18F2O2. The van der Waals surface area contributed by atoms with E-state index >= 15 is 0 Å². The maximum Gasteiger partial charge on any atom is 0.387 e. The van der Waals surface area contributed by atoms with Crippen LogP contribution in [0.15, 0.2) is 30.4 Å². The van der Waals surface area contributed by atoms with Crippen molar-refractivity contribution in [2.75, 3.05) is 6.61 Å². The minimum atomic E-state index is -2.81. The van der Waals surface area contributed by atoms with Crippen molar-refractivity contribution < 1.29 is 18.3 Å². The minimum Gasteiger partial charge on any atom is -0.493 e. The molecule has 4 heteroatoms. The average Bonchev–Trinajstić information content (AvgIpc) is 2.59. The second-order valence-corrected chi connectivity index (χ2v) is 5.49. The number of ether oxygens (including phenoxy) is 2. The summed E-state index contributed by atoms with van der Waals surface area (Å²) in [6, 6.07) is 5.14. The van der Waals surface area contributed by atoms with E-state index < -0.39 is 6.61 Å². The van der Waals surface area contributed by atoms with E-state index in [2.05, 4.69) is 13.5 Å². The van der Waals surface area contributed by atoms with Crippen molar-refractivity contribution >= 4 is 0 Å². The molecule has 3 atom stereocenters. The molecule has 3 unspecified atom stereocenters. The fourth-order valence-corrected chi connectivity index (χ4v) is 3.63. The summed E-state index contributed by atoms with van der Waals surface area (Å²) in [6.07, 6.45) is 1.87. The Morgan fingerprint density at radius 3 is 2.95 bits per heavy atom. The van der Waals surface area contributed by atoms with Crippen LogP contribution in [0.25, 0.3) is 0 Å². The number of benzene rings is 1. The molecule has 0 N–H and O–H groups in total. The van der Waals surface area contributed by atoms with Crippen LogP contribution in [0, 0.1) is 11.8 Å². The maximum absolute atomic E-state index is 12.6. The zero-order chi connectivity index (χ0) is 14.3. The van der Waals surface area contributed by atoms with Gasteiger partial charge in [-0.15, -0.1) is 0 Å². The van der Waals surface area contributed by atoms with Crippen molar-refractivity contribution in [3.05, 3.63) is 35.9 Å². The Morgan fingerprint density at radius 2 is 2.25 bits per heavy atom. The monoisotopic (exact) mass is 280 g/mol. The second kappa shape index (κ2) is 5.08. The van der Waals surface area contributed by atoms with Crippen molar-refractivity contribution in [1.29, 1.82) is 0 Å². The largest absolute Gasteiger partial charge is 0.493 e. The highest BCUT2D eigenvalue weighted by molar-refractivity contribution is 5.50. The fraction of sp³-hybridized carbons (Fsp3) is 0.500. The molecule has 1 aliphatic heterocycles. The van der Waals surface area contributed by atoms with Gasteiger partial charge in [0, 0.05) is 11.5 Å². The zero-order valence-corrected chi connectivity index (χ0v) is 11.4. The lowest BCUT2D eigenvalue weighted by Gasteiger charge is -2.25. The molecule has 3 rings (SSSR count). The lowest BCUT2D eigenvalue weighted by molar-refractivity contribution is -0.0508. The third-order valence-electron chi connectivity index (χ3n) is 4.52. The van der Waals surface area contributed by atoms with Crippen LogP contribution in [0.5, 0.6) is 11.5 Å². The lowest BCUT2D eigenvalue weighted by Crippen LogP contribution is -2.15. The lowest BCUT2D eigenvalue weighted by atomic mass is 9.84. The third kappa shape index (κ3) is 2.07. The number of fused-ring (bicyclic) bond motifs is 4. The van der Waals surface area contributed by atoms with Crippen molar-refractivity contribution in [2.24, 2.45) is 11.8 Å². The summed E-state index contributed by atoms with van der Waals surface area (Å²) in [4.78, 5) is 0. The number of halogens is 2. The van der Waals surface area contributed by atoms with E-state index in [0.29, 0.717) is 24.2 Å². The van der Waals surface area contributed by atoms with Gasteiger partial charge in [-0.05, 0) is 36.8 Å². The first kappa shape index (κ1) is 13.4. The highest BCUT2D eigenvalue weighted by atomic mass is 19.3. The first-order valence-corrected chi connectivity index (χ1v) is 7.01. The van der Waals surface area contributed by atoms with Gasteiger partial charge < -0.3 is 9.47 Å². The van der Waals surface area contributed by atoms with Crippen LogP contribution in [0.4, 0.5) is 8.78 Å². The van der Waals surface area contributed by atoms with Crippen LogP contribution < -0.4 is 9.47 Å². The van der Waals surface area contributed by atoms with Crippen LogP contribution in [0.2, 0.25) is 0 Å². The van der Waals surface area contributed by atoms with Crippen LogP contribution in [0.3, 0.4) is 0 Å². The summed E-state index contributed by atoms with van der Waals surface area (Å²) < 4.78 is 35.7. The van der Waals surface area contributed by atoms with Crippen molar-refractivity contribution in [3.63, 3.8) is 0 Å². The topological polar surface area (TPSA) is 18.5 Å². The molecule has 2 nitrogen and oxygen atoms in total. The quantitative estimate of drug-likeness (QED) is 0.766. The molecule has 1 heterocycles. The van der Waals surface area contributed by atoms with Crippen LogP contribution in [0.1, 0.15) is 31.2 Å². The van der Waals surface area contributed by atoms with Gasteiger partial charge in [0.25, 0.3) is 0 Å². The van der Waals surface area contributed by atoms with Gasteiger partial charge >= 0.3 is 6.61 Å². The molecule has 0 spiro atoms. The standard InChI is InChI=1S/C16H18F2O2/c1-3-11-9(2)10-7-12(11)15-13(19-8-10)5-4-6-14(15)20-16(17)18/h4-6,10-12,16H,2-3,7-8H2,1H3. The highest BCUT2D eigenvalue weighted by Crippen LogP contribution is 2.54. The van der Waals surface area contributed by atoms with Crippen LogP contribution >= 0.6 is 0 Å². The fourth-order valence-electron chi connectivity index (χ4n) is 3.63. The molecule has 0 radical (unpaired) electrons. The minimum absolute atomic E-state index is 0.171. The summed E-state index contributed by atoms with van der Waals surface area (Å²) in [7, 11) is 0. The number of alkyl halides is 2. The first-order valence-electron chi connectivity index (χ1n) is 7.01. The van der Waals surface area contributed by atoms with E-state index in [1.165, 1.54) is 5.57 Å². The van der Waals surface area contributed by atoms with Gasteiger partial charge in [-0.1, -0.05) is 25.1 Å². The van der Waals surface area contributed by atoms with E-state index in [4.69, 9.17) is 9.47 Å². The first-order chi connectivity index (χ1) is 9.61. The van der Waals surface area contributed by atoms with Gasteiger partial charge in [0.2, 0.25) is 0 Å². The Labute approximate surface area is 117 Å². The maximum atomic E-state index is 12.6. The molecule has 2 bridgehead atoms. The molecule has 0 amide bonds.